The fourth-order valence-corrected chi connectivity index (χ4v) is 3.24. The fraction of sp³-hybridized carbons (Fsp3) is 0.0667. The number of carbonyl (C=O) groups excluding carboxylic acids is 2. The summed E-state index contributed by atoms with van der Waals surface area (Å²) in [5, 5.41) is 2.52. The summed E-state index contributed by atoms with van der Waals surface area (Å²) in [7, 11) is -4.04. The van der Waals surface area contributed by atoms with Gasteiger partial charge in [-0.15, -0.1) is 0 Å². The van der Waals surface area contributed by atoms with E-state index in [0.29, 0.717) is 0 Å². The number of halogens is 1. The lowest BCUT2D eigenvalue weighted by Gasteiger charge is -2.19. The van der Waals surface area contributed by atoms with Gasteiger partial charge in [0.25, 0.3) is 0 Å². The van der Waals surface area contributed by atoms with E-state index in [1.54, 1.807) is 0 Å². The van der Waals surface area contributed by atoms with Crippen LogP contribution in [0.15, 0.2) is 47.3 Å². The number of anilines is 1. The van der Waals surface area contributed by atoms with Crippen molar-refractivity contribution < 1.29 is 22.4 Å². The van der Waals surface area contributed by atoms with Gasteiger partial charge in [0.05, 0.1) is 0 Å². The van der Waals surface area contributed by atoms with E-state index in [4.69, 9.17) is 0 Å². The Labute approximate surface area is 136 Å². The third-order valence-corrected chi connectivity index (χ3v) is 4.38. The zero-order valence-electron chi connectivity index (χ0n) is 12.3. The number of rotatable bonds is 3. The van der Waals surface area contributed by atoms with E-state index in [-0.39, 0.29) is 17.1 Å². The molecule has 0 saturated carbocycles. The van der Waals surface area contributed by atoms with Crippen LogP contribution in [0, 0.1) is 5.82 Å². The lowest BCUT2D eigenvalue weighted by molar-refractivity contribution is 0.0974. The van der Waals surface area contributed by atoms with E-state index in [1.807, 2.05) is 0 Å². The average molecular weight is 347 g/mol. The minimum Gasteiger partial charge on any atom is -0.351 e. The molecule has 1 N–H and O–H groups in total. The standard InChI is InChI=1S/C15H10FN3O4S/c1-24(22,23)15-12(19-9-4-2-3-8(16)7-9)13(20)10-11(14(15)21)18-6-5-17-10/h2-7,19H,1H3. The predicted molar refractivity (Wildman–Crippen MR) is 82.6 cm³/mol. The van der Waals surface area contributed by atoms with Gasteiger partial charge >= 0.3 is 0 Å². The third kappa shape index (κ3) is 2.69. The number of aromatic nitrogens is 2. The Hall–Kier alpha value is -2.94. The van der Waals surface area contributed by atoms with Gasteiger partial charge in [0.1, 0.15) is 27.8 Å². The number of fused-ring (bicyclic) bond motifs is 1. The number of ketones is 2. The number of nitrogens with zero attached hydrogens (tertiary/aromatic N) is 2. The minimum atomic E-state index is -4.04. The second kappa shape index (κ2) is 5.60. The Morgan fingerprint density at radius 3 is 2.25 bits per heavy atom. The molecule has 24 heavy (non-hydrogen) atoms. The summed E-state index contributed by atoms with van der Waals surface area (Å²) >= 11 is 0. The highest BCUT2D eigenvalue weighted by molar-refractivity contribution is 7.95. The SMILES string of the molecule is CS(=O)(=O)C1=C(Nc2cccc(F)c2)C(=O)c2nccnc2C1=O. The van der Waals surface area contributed by atoms with Crippen molar-refractivity contribution in [1.82, 2.24) is 9.97 Å². The molecule has 3 rings (SSSR count). The van der Waals surface area contributed by atoms with Crippen molar-refractivity contribution in [2.45, 2.75) is 0 Å². The molecule has 122 valence electrons. The minimum absolute atomic E-state index is 0.125. The van der Waals surface area contributed by atoms with Crippen molar-refractivity contribution >= 4 is 27.1 Å². The van der Waals surface area contributed by atoms with E-state index in [0.717, 1.165) is 12.3 Å². The molecule has 2 aromatic rings. The summed E-state index contributed by atoms with van der Waals surface area (Å²) < 4.78 is 37.4. The lowest BCUT2D eigenvalue weighted by Crippen LogP contribution is -2.31. The average Bonchev–Trinajstić information content (AvgIpc) is 2.51. The van der Waals surface area contributed by atoms with E-state index in [1.165, 1.54) is 30.6 Å². The van der Waals surface area contributed by atoms with E-state index in [9.17, 15) is 22.4 Å². The van der Waals surface area contributed by atoms with E-state index >= 15 is 0 Å². The molecule has 0 fully saturated rings. The fourth-order valence-electron chi connectivity index (χ4n) is 2.29. The number of allylic oxidation sites excluding steroid dienone is 2. The highest BCUT2D eigenvalue weighted by Crippen LogP contribution is 2.28. The summed E-state index contributed by atoms with van der Waals surface area (Å²) in [4.78, 5) is 31.9. The van der Waals surface area contributed by atoms with Gasteiger partial charge in [0.15, 0.2) is 9.84 Å². The first-order chi connectivity index (χ1) is 11.3. The Bertz CT molecular complexity index is 1010. The summed E-state index contributed by atoms with van der Waals surface area (Å²) in [5.74, 6) is -2.32. The number of nitrogens with one attached hydrogen (secondary N) is 1. The van der Waals surface area contributed by atoms with Crippen LogP contribution in [0.1, 0.15) is 21.0 Å². The molecule has 0 radical (unpaired) electrons. The number of carbonyl (C=O) groups is 2. The predicted octanol–water partition coefficient (Wildman–Crippen LogP) is 1.36. The monoisotopic (exact) mass is 347 g/mol. The Balaban J connectivity index is 2.22. The summed E-state index contributed by atoms with van der Waals surface area (Å²) in [6.07, 6.45) is 3.21. The first-order valence-electron chi connectivity index (χ1n) is 6.66. The van der Waals surface area contributed by atoms with Gasteiger partial charge in [0, 0.05) is 24.3 Å². The molecule has 0 saturated heterocycles. The first-order valence-corrected chi connectivity index (χ1v) is 8.55. The normalized spacial score (nSPS) is 14.6. The number of hydrogen-bond acceptors (Lipinski definition) is 7. The smallest absolute Gasteiger partial charge is 0.231 e. The second-order valence-electron chi connectivity index (χ2n) is 5.02. The summed E-state index contributed by atoms with van der Waals surface area (Å²) in [5.41, 5.74) is -0.928. The number of sulfone groups is 1. The van der Waals surface area contributed by atoms with Crippen molar-refractivity contribution in [1.29, 1.82) is 0 Å². The van der Waals surface area contributed by atoms with Crippen LogP contribution in [-0.2, 0) is 9.84 Å². The quantitative estimate of drug-likeness (QED) is 0.893. The third-order valence-electron chi connectivity index (χ3n) is 3.25. The van der Waals surface area contributed by atoms with Crippen LogP contribution in [0.4, 0.5) is 10.1 Å². The van der Waals surface area contributed by atoms with Gasteiger partial charge in [-0.2, -0.15) is 0 Å². The molecule has 1 aliphatic carbocycles. The molecule has 0 bridgehead atoms. The van der Waals surface area contributed by atoms with E-state index < -0.39 is 37.8 Å². The van der Waals surface area contributed by atoms with Crippen LogP contribution in [0.5, 0.6) is 0 Å². The highest BCUT2D eigenvalue weighted by Gasteiger charge is 2.39. The van der Waals surface area contributed by atoms with Gasteiger partial charge in [-0.25, -0.2) is 22.8 Å². The molecule has 1 heterocycles. The topological polar surface area (TPSA) is 106 Å². The molecule has 1 aromatic heterocycles. The van der Waals surface area contributed by atoms with Gasteiger partial charge in [0.2, 0.25) is 11.6 Å². The molecule has 0 amide bonds. The van der Waals surface area contributed by atoms with Crippen LogP contribution in [-0.4, -0.2) is 36.2 Å². The zero-order chi connectivity index (χ0) is 17.5. The molecule has 0 aliphatic heterocycles. The number of hydrogen-bond donors (Lipinski definition) is 1. The van der Waals surface area contributed by atoms with Crippen molar-refractivity contribution in [3.05, 3.63) is 64.5 Å². The lowest BCUT2D eigenvalue weighted by atomic mass is 10.0. The molecule has 1 aliphatic rings. The molecule has 9 heteroatoms. The zero-order valence-corrected chi connectivity index (χ0v) is 13.1. The molecule has 0 spiro atoms. The van der Waals surface area contributed by atoms with Crippen LogP contribution >= 0.6 is 0 Å². The summed E-state index contributed by atoms with van der Waals surface area (Å²) in [6.45, 7) is 0. The van der Waals surface area contributed by atoms with Gasteiger partial charge in [-0.05, 0) is 18.2 Å². The Kier molecular flexibility index (Phi) is 3.72. The Morgan fingerprint density at radius 1 is 1.04 bits per heavy atom. The first kappa shape index (κ1) is 15.9. The van der Waals surface area contributed by atoms with Crippen LogP contribution in [0.25, 0.3) is 0 Å². The largest absolute Gasteiger partial charge is 0.351 e. The number of Topliss-reactive ketones (excluding diaryl/α,β-unsaturated/α-hetero) is 2. The Morgan fingerprint density at radius 2 is 1.67 bits per heavy atom. The summed E-state index contributed by atoms with van der Waals surface area (Å²) in [6, 6.07) is 5.06. The molecule has 0 unspecified atom stereocenters. The number of benzene rings is 1. The van der Waals surface area contributed by atoms with Gasteiger partial charge in [-0.3, -0.25) is 9.59 Å². The molecular formula is C15H10FN3O4S. The van der Waals surface area contributed by atoms with Crippen molar-refractivity contribution in [3.8, 4) is 0 Å². The molecular weight excluding hydrogens is 337 g/mol. The molecule has 7 nitrogen and oxygen atoms in total. The van der Waals surface area contributed by atoms with Gasteiger partial charge in [-0.1, -0.05) is 6.07 Å². The maximum atomic E-state index is 13.3. The highest BCUT2D eigenvalue weighted by atomic mass is 32.2. The van der Waals surface area contributed by atoms with Crippen LogP contribution < -0.4 is 5.32 Å². The molecule has 0 atom stereocenters. The van der Waals surface area contributed by atoms with Crippen LogP contribution in [0.3, 0.4) is 0 Å². The maximum Gasteiger partial charge on any atom is 0.231 e. The molecule has 1 aromatic carbocycles. The maximum absolute atomic E-state index is 13.3. The van der Waals surface area contributed by atoms with Crippen molar-refractivity contribution in [2.24, 2.45) is 0 Å². The van der Waals surface area contributed by atoms with Crippen LogP contribution in [0.2, 0.25) is 0 Å². The van der Waals surface area contributed by atoms with Crippen molar-refractivity contribution in [3.63, 3.8) is 0 Å². The van der Waals surface area contributed by atoms with Gasteiger partial charge < -0.3 is 5.32 Å². The van der Waals surface area contributed by atoms with E-state index in [2.05, 4.69) is 15.3 Å². The second-order valence-corrected chi connectivity index (χ2v) is 6.98. The van der Waals surface area contributed by atoms with Crippen molar-refractivity contribution in [2.75, 3.05) is 11.6 Å².